The molecular formula is C43H52N2OS2Si. The van der Waals surface area contributed by atoms with Crippen LogP contribution in [-0.2, 0) is 11.0 Å². The van der Waals surface area contributed by atoms with Crippen molar-refractivity contribution in [2.45, 2.75) is 77.8 Å². The van der Waals surface area contributed by atoms with E-state index in [1.54, 1.807) is 0 Å². The second-order valence-corrected chi connectivity index (χ2v) is 20.6. The standard InChI is InChI=1S/C43H52N2OS2Si/c1-6-7-8-9-10-17-29-45-39-28-32-47-41(39)42-40(45)33-36(48-42)27-24-34-22-25-35(26-23-34)44(5)30-31-46-49(43(2,3)4,37-18-13-11-14-19-37)38-20-15-12-16-21-38/h11-16,18-28,32-33H,6-10,17,29-31H2,1-5H3/b27-24+. The lowest BCUT2D eigenvalue weighted by molar-refractivity contribution is 0.306. The first kappa shape index (κ1) is 35.4. The highest BCUT2D eigenvalue weighted by Gasteiger charge is 2.50. The number of hydrogen-bond donors (Lipinski definition) is 0. The maximum absolute atomic E-state index is 7.15. The number of likely N-dealkylation sites (N-methyl/N-ethyl adjacent to an activating group) is 1. The molecule has 0 amide bonds. The molecule has 0 atom stereocenters. The summed E-state index contributed by atoms with van der Waals surface area (Å²) >= 11 is 3.80. The maximum atomic E-state index is 7.15. The summed E-state index contributed by atoms with van der Waals surface area (Å²) in [6.07, 6.45) is 12.5. The van der Waals surface area contributed by atoms with Gasteiger partial charge in [0.15, 0.2) is 0 Å². The number of fused-ring (bicyclic) bond motifs is 3. The van der Waals surface area contributed by atoms with Crippen LogP contribution < -0.4 is 15.3 Å². The molecule has 6 heteroatoms. The van der Waals surface area contributed by atoms with Crippen LogP contribution in [0.2, 0.25) is 5.04 Å². The molecule has 0 N–H and O–H groups in total. The van der Waals surface area contributed by atoms with Crippen LogP contribution in [0.25, 0.3) is 32.6 Å². The zero-order valence-electron chi connectivity index (χ0n) is 30.0. The van der Waals surface area contributed by atoms with Crippen molar-refractivity contribution in [3.8, 4) is 0 Å². The maximum Gasteiger partial charge on any atom is 0.261 e. The Hall–Kier alpha value is -3.42. The molecule has 49 heavy (non-hydrogen) atoms. The van der Waals surface area contributed by atoms with E-state index in [0.29, 0.717) is 6.61 Å². The van der Waals surface area contributed by atoms with Crippen LogP contribution in [0.1, 0.15) is 76.7 Å². The van der Waals surface area contributed by atoms with Crippen LogP contribution in [0.3, 0.4) is 0 Å². The van der Waals surface area contributed by atoms with Crippen LogP contribution in [0.15, 0.2) is 102 Å². The normalized spacial score (nSPS) is 12.5. The summed E-state index contributed by atoms with van der Waals surface area (Å²) in [5.74, 6) is 0. The molecule has 0 radical (unpaired) electrons. The minimum absolute atomic E-state index is 0.0246. The molecule has 0 aliphatic heterocycles. The van der Waals surface area contributed by atoms with Crippen molar-refractivity contribution >= 4 is 79.6 Å². The molecule has 6 aromatic rings. The minimum Gasteiger partial charge on any atom is -0.406 e. The van der Waals surface area contributed by atoms with E-state index in [-0.39, 0.29) is 5.04 Å². The Labute approximate surface area is 303 Å². The molecule has 0 aliphatic carbocycles. The largest absolute Gasteiger partial charge is 0.406 e. The summed E-state index contributed by atoms with van der Waals surface area (Å²) < 4.78 is 12.6. The zero-order chi connectivity index (χ0) is 34.3. The predicted molar refractivity (Wildman–Crippen MR) is 221 cm³/mol. The van der Waals surface area contributed by atoms with Gasteiger partial charge in [0, 0.05) is 30.7 Å². The third kappa shape index (κ3) is 7.83. The van der Waals surface area contributed by atoms with E-state index in [1.165, 1.54) is 85.5 Å². The summed E-state index contributed by atoms with van der Waals surface area (Å²) in [6, 6.07) is 35.5. The number of rotatable bonds is 16. The molecule has 3 nitrogen and oxygen atoms in total. The van der Waals surface area contributed by atoms with Gasteiger partial charge in [-0.3, -0.25) is 0 Å². The van der Waals surface area contributed by atoms with E-state index in [2.05, 4.69) is 159 Å². The van der Waals surface area contributed by atoms with Gasteiger partial charge >= 0.3 is 0 Å². The number of anilines is 1. The number of aromatic nitrogens is 1. The van der Waals surface area contributed by atoms with Gasteiger partial charge in [-0.1, -0.05) is 139 Å². The Morgan fingerprint density at radius 1 is 0.755 bits per heavy atom. The second-order valence-electron chi connectivity index (χ2n) is 14.3. The first-order valence-corrected chi connectivity index (χ1v) is 21.7. The smallest absolute Gasteiger partial charge is 0.261 e. The van der Waals surface area contributed by atoms with Gasteiger partial charge in [-0.05, 0) is 63.1 Å². The summed E-state index contributed by atoms with van der Waals surface area (Å²) in [7, 11) is -0.371. The van der Waals surface area contributed by atoms with Gasteiger partial charge in [0.05, 0.1) is 27.0 Å². The van der Waals surface area contributed by atoms with Crippen molar-refractivity contribution in [1.82, 2.24) is 4.57 Å². The molecule has 0 fully saturated rings. The SMILES string of the molecule is CCCCCCCCn1c2ccsc2c2sc(/C=C/c3ccc(N(C)CCO[Si](c4ccccc4)(c4ccccc4)C(C)(C)C)cc3)cc21. The van der Waals surface area contributed by atoms with Gasteiger partial charge in [-0.25, -0.2) is 0 Å². The third-order valence-electron chi connectivity index (χ3n) is 9.84. The molecule has 0 saturated carbocycles. The van der Waals surface area contributed by atoms with Crippen LogP contribution >= 0.6 is 22.7 Å². The second kappa shape index (κ2) is 16.1. The monoisotopic (exact) mass is 704 g/mol. The fourth-order valence-corrected chi connectivity index (χ4v) is 13.9. The van der Waals surface area contributed by atoms with Crippen molar-refractivity contribution in [2.75, 3.05) is 25.1 Å². The van der Waals surface area contributed by atoms with Crippen LogP contribution in [0.5, 0.6) is 0 Å². The number of nitrogens with zero attached hydrogens (tertiary/aromatic N) is 2. The van der Waals surface area contributed by atoms with Gasteiger partial charge in [0.25, 0.3) is 8.32 Å². The fourth-order valence-electron chi connectivity index (χ4n) is 7.20. The summed E-state index contributed by atoms with van der Waals surface area (Å²) in [5, 5.41) is 4.87. The Morgan fingerprint density at radius 3 is 2.06 bits per heavy atom. The lowest BCUT2D eigenvalue weighted by Crippen LogP contribution is -2.67. The van der Waals surface area contributed by atoms with Crippen LogP contribution in [0.4, 0.5) is 5.69 Å². The van der Waals surface area contributed by atoms with Crippen molar-refractivity contribution in [2.24, 2.45) is 0 Å². The summed E-state index contributed by atoms with van der Waals surface area (Å²) in [5.41, 5.74) is 5.23. The number of benzene rings is 3. The lowest BCUT2D eigenvalue weighted by Gasteiger charge is -2.43. The van der Waals surface area contributed by atoms with Crippen molar-refractivity contribution in [3.63, 3.8) is 0 Å². The van der Waals surface area contributed by atoms with Gasteiger partial charge in [0.1, 0.15) is 0 Å². The zero-order valence-corrected chi connectivity index (χ0v) is 32.6. The van der Waals surface area contributed by atoms with Crippen molar-refractivity contribution < 1.29 is 4.43 Å². The molecule has 6 rings (SSSR count). The van der Waals surface area contributed by atoms with Crippen molar-refractivity contribution in [1.29, 1.82) is 0 Å². The molecule has 0 unspecified atom stereocenters. The molecular weight excluding hydrogens is 653 g/mol. The minimum atomic E-state index is -2.54. The number of hydrogen-bond acceptors (Lipinski definition) is 4. The highest BCUT2D eigenvalue weighted by molar-refractivity contribution is 7.27. The Kier molecular flexibility index (Phi) is 11.6. The average molecular weight is 705 g/mol. The Morgan fingerprint density at radius 2 is 1.41 bits per heavy atom. The van der Waals surface area contributed by atoms with E-state index >= 15 is 0 Å². The third-order valence-corrected chi connectivity index (χ3v) is 17.0. The number of aryl methyl sites for hydroxylation is 1. The summed E-state index contributed by atoms with van der Waals surface area (Å²) in [4.78, 5) is 3.63. The lowest BCUT2D eigenvalue weighted by atomic mass is 10.1. The highest BCUT2D eigenvalue weighted by atomic mass is 32.1. The van der Waals surface area contributed by atoms with Crippen LogP contribution in [0, 0.1) is 0 Å². The van der Waals surface area contributed by atoms with Gasteiger partial charge in [-0.15, -0.1) is 22.7 Å². The van der Waals surface area contributed by atoms with E-state index in [9.17, 15) is 0 Å². The highest BCUT2D eigenvalue weighted by Crippen LogP contribution is 2.40. The number of thiophene rings is 2. The molecule has 256 valence electrons. The summed E-state index contributed by atoms with van der Waals surface area (Å²) in [6.45, 7) is 11.9. The molecule has 3 aromatic carbocycles. The molecule has 0 aliphatic rings. The number of unbranched alkanes of at least 4 members (excludes halogenated alkanes) is 5. The first-order chi connectivity index (χ1) is 23.8. The predicted octanol–water partition coefficient (Wildman–Crippen LogP) is 11.5. The van der Waals surface area contributed by atoms with Gasteiger partial charge in [0.2, 0.25) is 0 Å². The molecule has 0 spiro atoms. The first-order valence-electron chi connectivity index (χ1n) is 18.1. The molecule has 3 heterocycles. The molecule has 0 saturated heterocycles. The van der Waals surface area contributed by atoms with Gasteiger partial charge < -0.3 is 13.9 Å². The average Bonchev–Trinajstić information content (AvgIpc) is 3.82. The quantitative estimate of drug-likeness (QED) is 0.0737. The van der Waals surface area contributed by atoms with Gasteiger partial charge in [-0.2, -0.15) is 0 Å². The van der Waals surface area contributed by atoms with Crippen LogP contribution in [-0.4, -0.2) is 33.1 Å². The van der Waals surface area contributed by atoms with E-state index in [0.717, 1.165) is 13.1 Å². The molecule has 3 aromatic heterocycles. The van der Waals surface area contributed by atoms with Crippen molar-refractivity contribution in [3.05, 3.63) is 113 Å². The molecule has 0 bridgehead atoms. The Balaban J connectivity index is 1.11. The van der Waals surface area contributed by atoms with E-state index < -0.39 is 8.32 Å². The Bertz CT molecular complexity index is 1890. The van der Waals surface area contributed by atoms with E-state index in [4.69, 9.17) is 4.43 Å². The van der Waals surface area contributed by atoms with E-state index in [1.807, 2.05) is 22.7 Å². The topological polar surface area (TPSA) is 17.4 Å². The fraction of sp³-hybridized carbons (Fsp3) is 0.349.